The molecule has 4 aromatic rings. The largest absolute Gasteiger partial charge is 0.354 e. The quantitative estimate of drug-likeness (QED) is 0.197. The summed E-state index contributed by atoms with van der Waals surface area (Å²) in [5.74, 6) is 0.120. The third-order valence-electron chi connectivity index (χ3n) is 7.15. The van der Waals surface area contributed by atoms with Crippen LogP contribution in [-0.4, -0.2) is 46.3 Å². The van der Waals surface area contributed by atoms with Gasteiger partial charge in [0.2, 0.25) is 5.91 Å². The van der Waals surface area contributed by atoms with E-state index in [0.717, 1.165) is 68.0 Å². The molecule has 1 aromatic heterocycles. The highest BCUT2D eigenvalue weighted by Crippen LogP contribution is 2.26. The number of hydrogen-bond acceptors (Lipinski definition) is 3. The number of fused-ring (bicyclic) bond motifs is 1. The molecule has 6 heteroatoms. The van der Waals surface area contributed by atoms with Gasteiger partial charge in [-0.15, -0.1) is 0 Å². The molecule has 0 fully saturated rings. The third-order valence-corrected chi connectivity index (χ3v) is 7.40. The highest BCUT2D eigenvalue weighted by Gasteiger charge is 2.14. The molecular weight excluding hydrogens is 492 g/mol. The fraction of sp³-hybridized carbons (Fsp3) is 0.375. The van der Waals surface area contributed by atoms with Gasteiger partial charge in [-0.2, -0.15) is 5.10 Å². The summed E-state index contributed by atoms with van der Waals surface area (Å²) >= 11 is 6.11. The summed E-state index contributed by atoms with van der Waals surface area (Å²) in [6, 6.07) is 24.8. The van der Waals surface area contributed by atoms with Crippen molar-refractivity contribution >= 4 is 28.3 Å². The first-order valence-electron chi connectivity index (χ1n) is 13.8. The van der Waals surface area contributed by atoms with Gasteiger partial charge < -0.3 is 10.2 Å². The van der Waals surface area contributed by atoms with Crippen molar-refractivity contribution in [1.29, 1.82) is 0 Å². The maximum atomic E-state index is 12.7. The van der Waals surface area contributed by atoms with Crippen LogP contribution in [0.4, 0.5) is 0 Å². The normalized spacial score (nSPS) is 12.2. The summed E-state index contributed by atoms with van der Waals surface area (Å²) in [5, 5.41) is 11.2. The van der Waals surface area contributed by atoms with Gasteiger partial charge in [-0.05, 0) is 93.3 Å². The molecule has 0 aliphatic carbocycles. The Morgan fingerprint density at radius 1 is 0.974 bits per heavy atom. The van der Waals surface area contributed by atoms with Crippen LogP contribution in [0.3, 0.4) is 0 Å². The van der Waals surface area contributed by atoms with Gasteiger partial charge in [-0.3, -0.25) is 4.79 Å². The first kappa shape index (κ1) is 27.9. The Morgan fingerprint density at radius 3 is 2.45 bits per heavy atom. The molecule has 200 valence electrons. The maximum absolute atomic E-state index is 12.7. The summed E-state index contributed by atoms with van der Waals surface area (Å²) in [4.78, 5) is 15.1. The molecule has 1 atom stereocenters. The molecule has 1 unspecified atom stereocenters. The Bertz CT molecular complexity index is 1330. The van der Waals surface area contributed by atoms with E-state index in [2.05, 4.69) is 79.5 Å². The number of halogens is 1. The van der Waals surface area contributed by atoms with Gasteiger partial charge in [0.15, 0.2) is 0 Å². The lowest BCUT2D eigenvalue weighted by Crippen LogP contribution is -2.33. The van der Waals surface area contributed by atoms with Gasteiger partial charge in [-0.25, -0.2) is 4.68 Å². The first-order valence-corrected chi connectivity index (χ1v) is 14.2. The van der Waals surface area contributed by atoms with E-state index in [4.69, 9.17) is 16.7 Å². The molecule has 38 heavy (non-hydrogen) atoms. The smallest absolute Gasteiger partial charge is 0.220 e. The van der Waals surface area contributed by atoms with Crippen molar-refractivity contribution in [2.24, 2.45) is 0 Å². The van der Waals surface area contributed by atoms with Crippen molar-refractivity contribution in [2.75, 3.05) is 19.6 Å². The fourth-order valence-corrected chi connectivity index (χ4v) is 5.03. The zero-order valence-electron chi connectivity index (χ0n) is 22.8. The van der Waals surface area contributed by atoms with Crippen LogP contribution in [0.25, 0.3) is 27.7 Å². The summed E-state index contributed by atoms with van der Waals surface area (Å²) in [6.45, 7) is 9.73. The standard InChI is InChI=1S/C32H39ClN4O/c1-4-36(5-2)21-9-10-24(3)34-32(38)14-8-13-29-23-31(26-15-18-28(33)19-16-26)35-37(29)30-20-17-25-11-6-7-12-27(25)22-30/h6-7,11-12,15-20,22-24H,4-5,8-10,13-14,21H2,1-3H3,(H,34,38). The number of nitrogens with zero attached hydrogens (tertiary/aromatic N) is 3. The molecule has 0 aliphatic heterocycles. The van der Waals surface area contributed by atoms with E-state index in [1.807, 2.05) is 28.9 Å². The van der Waals surface area contributed by atoms with Crippen LogP contribution < -0.4 is 5.32 Å². The van der Waals surface area contributed by atoms with Crippen molar-refractivity contribution in [3.05, 3.63) is 83.5 Å². The van der Waals surface area contributed by atoms with Crippen LogP contribution in [0.1, 0.15) is 52.1 Å². The lowest BCUT2D eigenvalue weighted by atomic mass is 10.1. The van der Waals surface area contributed by atoms with Gasteiger partial charge in [0, 0.05) is 28.7 Å². The number of benzene rings is 3. The molecule has 1 amide bonds. The van der Waals surface area contributed by atoms with Gasteiger partial charge >= 0.3 is 0 Å². The molecule has 0 spiro atoms. The number of nitrogens with one attached hydrogen (secondary N) is 1. The van der Waals surface area contributed by atoms with Gasteiger partial charge in [0.05, 0.1) is 11.4 Å². The second-order valence-corrected chi connectivity index (χ2v) is 10.4. The highest BCUT2D eigenvalue weighted by molar-refractivity contribution is 6.30. The van der Waals surface area contributed by atoms with Crippen LogP contribution >= 0.6 is 11.6 Å². The molecule has 0 saturated heterocycles. The third kappa shape index (κ3) is 7.46. The molecule has 0 radical (unpaired) electrons. The van der Waals surface area contributed by atoms with Crippen molar-refractivity contribution in [1.82, 2.24) is 20.0 Å². The molecule has 1 heterocycles. The van der Waals surface area contributed by atoms with Gasteiger partial charge in [0.25, 0.3) is 0 Å². The second kappa shape index (κ2) is 13.6. The Morgan fingerprint density at radius 2 is 1.71 bits per heavy atom. The number of amides is 1. The zero-order chi connectivity index (χ0) is 26.9. The van der Waals surface area contributed by atoms with Gasteiger partial charge in [0.1, 0.15) is 0 Å². The SMILES string of the molecule is CCN(CC)CCCC(C)NC(=O)CCCc1cc(-c2ccc(Cl)cc2)nn1-c1ccc2ccccc2c1. The lowest BCUT2D eigenvalue weighted by molar-refractivity contribution is -0.121. The van der Waals surface area contributed by atoms with E-state index < -0.39 is 0 Å². The number of aryl methyl sites for hydroxylation is 1. The Hall–Kier alpha value is -3.15. The Balaban J connectivity index is 1.42. The van der Waals surface area contributed by atoms with Crippen molar-refractivity contribution in [3.63, 3.8) is 0 Å². The van der Waals surface area contributed by atoms with E-state index in [0.29, 0.717) is 11.4 Å². The first-order chi connectivity index (χ1) is 18.5. The number of carbonyl (C=O) groups excluding carboxylic acids is 1. The Kier molecular flexibility index (Phi) is 9.97. The van der Waals surface area contributed by atoms with Crippen LogP contribution in [0.2, 0.25) is 5.02 Å². The minimum absolute atomic E-state index is 0.120. The highest BCUT2D eigenvalue weighted by atomic mass is 35.5. The van der Waals surface area contributed by atoms with Crippen molar-refractivity contribution in [3.8, 4) is 16.9 Å². The minimum atomic E-state index is 0.120. The Labute approximate surface area is 231 Å². The van der Waals surface area contributed by atoms with Crippen LogP contribution in [-0.2, 0) is 11.2 Å². The van der Waals surface area contributed by atoms with E-state index in [1.165, 1.54) is 10.8 Å². The lowest BCUT2D eigenvalue weighted by Gasteiger charge is -2.19. The maximum Gasteiger partial charge on any atom is 0.220 e. The average molecular weight is 531 g/mol. The molecule has 5 nitrogen and oxygen atoms in total. The number of aromatic nitrogens is 2. The summed E-state index contributed by atoms with van der Waals surface area (Å²) in [5.41, 5.74) is 4.03. The van der Waals surface area contributed by atoms with E-state index in [1.54, 1.807) is 0 Å². The number of rotatable bonds is 13. The van der Waals surface area contributed by atoms with Crippen LogP contribution in [0.5, 0.6) is 0 Å². The molecule has 0 saturated carbocycles. The van der Waals surface area contributed by atoms with E-state index in [-0.39, 0.29) is 11.9 Å². The molecule has 0 bridgehead atoms. The van der Waals surface area contributed by atoms with E-state index >= 15 is 0 Å². The molecule has 1 N–H and O–H groups in total. The second-order valence-electron chi connectivity index (χ2n) is 9.96. The topological polar surface area (TPSA) is 50.2 Å². The van der Waals surface area contributed by atoms with Crippen LogP contribution in [0.15, 0.2) is 72.8 Å². The molecular formula is C32H39ClN4O. The summed E-state index contributed by atoms with van der Waals surface area (Å²) in [6.07, 6.45) is 4.12. The number of hydrogen-bond donors (Lipinski definition) is 1. The van der Waals surface area contributed by atoms with Crippen LogP contribution in [0, 0.1) is 0 Å². The molecule has 3 aromatic carbocycles. The molecule has 4 rings (SSSR count). The van der Waals surface area contributed by atoms with Gasteiger partial charge in [-0.1, -0.05) is 67.9 Å². The van der Waals surface area contributed by atoms with Crippen molar-refractivity contribution < 1.29 is 4.79 Å². The predicted octanol–water partition coefficient (Wildman–Crippen LogP) is 7.30. The van der Waals surface area contributed by atoms with Crippen molar-refractivity contribution in [2.45, 2.75) is 58.9 Å². The monoisotopic (exact) mass is 530 g/mol. The van der Waals surface area contributed by atoms with E-state index in [9.17, 15) is 4.79 Å². The average Bonchev–Trinajstić information content (AvgIpc) is 3.35. The summed E-state index contributed by atoms with van der Waals surface area (Å²) in [7, 11) is 0. The zero-order valence-corrected chi connectivity index (χ0v) is 23.5. The summed E-state index contributed by atoms with van der Waals surface area (Å²) < 4.78 is 2.02. The predicted molar refractivity (Wildman–Crippen MR) is 159 cm³/mol. The number of carbonyl (C=O) groups is 1. The molecule has 0 aliphatic rings. The fourth-order valence-electron chi connectivity index (χ4n) is 4.90. The minimum Gasteiger partial charge on any atom is -0.354 e.